The maximum Gasteiger partial charge on any atom is 0.335 e. The summed E-state index contributed by atoms with van der Waals surface area (Å²) in [5.41, 5.74) is 6.21. The third-order valence-corrected chi connectivity index (χ3v) is 3.06. The molecule has 108 valence electrons. The normalized spacial score (nSPS) is 10.9. The number of aromatic carboxylic acids is 1. The van der Waals surface area contributed by atoms with Gasteiger partial charge in [0.15, 0.2) is 0 Å². The van der Waals surface area contributed by atoms with Gasteiger partial charge in [0.1, 0.15) is 0 Å². The molecule has 0 fully saturated rings. The first-order valence-corrected chi connectivity index (χ1v) is 6.56. The Morgan fingerprint density at radius 3 is 2.64 bits per heavy atom. The zero-order valence-corrected chi connectivity index (χ0v) is 11.5. The molecule has 0 radical (unpaired) electrons. The lowest BCUT2D eigenvalue weighted by atomic mass is 10.2. The third kappa shape index (κ3) is 2.90. The van der Waals surface area contributed by atoms with E-state index in [-0.39, 0.29) is 5.56 Å². The Labute approximate surface area is 126 Å². The molecule has 0 aliphatic rings. The van der Waals surface area contributed by atoms with Gasteiger partial charge in [-0.3, -0.25) is 15.4 Å². The molecule has 6 nitrogen and oxygen atoms in total. The van der Waals surface area contributed by atoms with E-state index >= 15 is 0 Å². The molecule has 6 heteroatoms. The van der Waals surface area contributed by atoms with Gasteiger partial charge in [-0.2, -0.15) is 5.10 Å². The summed E-state index contributed by atoms with van der Waals surface area (Å²) >= 11 is 0. The number of hydrogen-bond donors (Lipinski definition) is 2. The van der Waals surface area contributed by atoms with Gasteiger partial charge in [0, 0.05) is 18.0 Å². The van der Waals surface area contributed by atoms with Crippen molar-refractivity contribution in [2.45, 2.75) is 0 Å². The van der Waals surface area contributed by atoms with E-state index in [1.54, 1.807) is 30.7 Å². The summed E-state index contributed by atoms with van der Waals surface area (Å²) in [6, 6.07) is 12.0. The largest absolute Gasteiger partial charge is 0.478 e. The van der Waals surface area contributed by atoms with E-state index < -0.39 is 5.97 Å². The van der Waals surface area contributed by atoms with Crippen LogP contribution in [0.15, 0.2) is 60.0 Å². The highest BCUT2D eigenvalue weighted by Gasteiger charge is 2.01. The summed E-state index contributed by atoms with van der Waals surface area (Å²) in [6.07, 6.45) is 4.94. The van der Waals surface area contributed by atoms with Crippen LogP contribution in [0.5, 0.6) is 0 Å². The maximum atomic E-state index is 10.8. The molecule has 0 aliphatic carbocycles. The first kappa shape index (κ1) is 13.7. The van der Waals surface area contributed by atoms with Crippen molar-refractivity contribution in [1.82, 2.24) is 9.97 Å². The van der Waals surface area contributed by atoms with Crippen molar-refractivity contribution in [2.75, 3.05) is 5.43 Å². The van der Waals surface area contributed by atoms with Crippen LogP contribution in [0.25, 0.3) is 11.0 Å². The number of benzene rings is 2. The average Bonchev–Trinajstić information content (AvgIpc) is 2.55. The number of carboxylic acid groups (broad SMARTS) is 1. The van der Waals surface area contributed by atoms with Gasteiger partial charge in [-0.15, -0.1) is 0 Å². The third-order valence-electron chi connectivity index (χ3n) is 3.06. The zero-order chi connectivity index (χ0) is 15.4. The highest BCUT2D eigenvalue weighted by molar-refractivity contribution is 5.96. The second-order valence-electron chi connectivity index (χ2n) is 4.52. The molecule has 3 aromatic rings. The summed E-state index contributed by atoms with van der Waals surface area (Å²) in [5.74, 6) is -0.954. The molecule has 2 aromatic carbocycles. The number of hydrazone groups is 1. The number of anilines is 1. The Kier molecular flexibility index (Phi) is 3.74. The average molecular weight is 292 g/mol. The lowest BCUT2D eigenvalue weighted by molar-refractivity contribution is 0.0697. The van der Waals surface area contributed by atoms with Gasteiger partial charge in [-0.25, -0.2) is 4.79 Å². The number of carboxylic acids is 1. The van der Waals surface area contributed by atoms with Crippen LogP contribution in [0, 0.1) is 0 Å². The number of fused-ring (bicyclic) bond motifs is 1. The van der Waals surface area contributed by atoms with E-state index in [9.17, 15) is 4.79 Å². The van der Waals surface area contributed by atoms with E-state index in [1.165, 1.54) is 12.1 Å². The molecule has 0 atom stereocenters. The van der Waals surface area contributed by atoms with Crippen LogP contribution in [0.2, 0.25) is 0 Å². The number of nitrogens with one attached hydrogen (secondary N) is 1. The van der Waals surface area contributed by atoms with E-state index in [1.807, 2.05) is 18.2 Å². The van der Waals surface area contributed by atoms with Crippen molar-refractivity contribution in [1.29, 1.82) is 0 Å². The molecular formula is C16H12N4O2. The maximum absolute atomic E-state index is 10.8. The number of para-hydroxylation sites is 1. The molecule has 1 aromatic heterocycles. The lowest BCUT2D eigenvalue weighted by Crippen LogP contribution is -1.97. The van der Waals surface area contributed by atoms with Gasteiger partial charge in [0.25, 0.3) is 0 Å². The van der Waals surface area contributed by atoms with Crippen molar-refractivity contribution in [3.63, 3.8) is 0 Å². The van der Waals surface area contributed by atoms with Crippen molar-refractivity contribution in [3.8, 4) is 0 Å². The van der Waals surface area contributed by atoms with Crippen LogP contribution in [0.4, 0.5) is 5.69 Å². The lowest BCUT2D eigenvalue weighted by Gasteiger charge is -2.02. The highest BCUT2D eigenvalue weighted by Crippen LogP contribution is 2.12. The quantitative estimate of drug-likeness (QED) is 0.570. The van der Waals surface area contributed by atoms with Crippen LogP contribution < -0.4 is 5.43 Å². The Bertz CT molecular complexity index is 839. The molecule has 0 amide bonds. The topological polar surface area (TPSA) is 87.5 Å². The molecule has 0 saturated heterocycles. The number of aromatic nitrogens is 2. The predicted molar refractivity (Wildman–Crippen MR) is 84.2 cm³/mol. The zero-order valence-electron chi connectivity index (χ0n) is 11.5. The summed E-state index contributed by atoms with van der Waals surface area (Å²) in [5, 5.41) is 13.0. The molecule has 22 heavy (non-hydrogen) atoms. The molecule has 0 bridgehead atoms. The number of nitrogens with zero attached hydrogens (tertiary/aromatic N) is 3. The van der Waals surface area contributed by atoms with Crippen LogP contribution in [-0.2, 0) is 0 Å². The van der Waals surface area contributed by atoms with Crippen LogP contribution >= 0.6 is 0 Å². The summed E-state index contributed by atoms with van der Waals surface area (Å²) in [7, 11) is 0. The van der Waals surface area contributed by atoms with Crippen LogP contribution in [-0.4, -0.2) is 27.3 Å². The summed E-state index contributed by atoms with van der Waals surface area (Å²) in [4.78, 5) is 19.3. The minimum Gasteiger partial charge on any atom is -0.478 e. The van der Waals surface area contributed by atoms with Crippen molar-refractivity contribution < 1.29 is 9.90 Å². The van der Waals surface area contributed by atoms with Gasteiger partial charge < -0.3 is 5.11 Å². The van der Waals surface area contributed by atoms with Gasteiger partial charge >= 0.3 is 5.97 Å². The summed E-state index contributed by atoms with van der Waals surface area (Å²) in [6.45, 7) is 0. The van der Waals surface area contributed by atoms with Gasteiger partial charge in [0.2, 0.25) is 0 Å². The Morgan fingerprint density at radius 2 is 1.86 bits per heavy atom. The molecule has 0 spiro atoms. The van der Waals surface area contributed by atoms with Gasteiger partial charge in [-0.1, -0.05) is 12.1 Å². The highest BCUT2D eigenvalue weighted by atomic mass is 16.4. The predicted octanol–water partition coefficient (Wildman–Crippen LogP) is 2.77. The second kappa shape index (κ2) is 6.01. The SMILES string of the molecule is O=C(O)c1ccc(NN=Cc2cccc3nccnc23)cc1. The van der Waals surface area contributed by atoms with Crippen LogP contribution in [0.3, 0.4) is 0 Å². The molecule has 3 rings (SSSR count). The van der Waals surface area contributed by atoms with E-state index in [0.29, 0.717) is 5.69 Å². The Morgan fingerprint density at radius 1 is 1.09 bits per heavy atom. The number of hydrogen-bond acceptors (Lipinski definition) is 5. The van der Waals surface area contributed by atoms with Crippen molar-refractivity contribution in [3.05, 3.63) is 66.0 Å². The number of rotatable bonds is 4. The minimum atomic E-state index is -0.954. The fraction of sp³-hybridized carbons (Fsp3) is 0. The smallest absolute Gasteiger partial charge is 0.335 e. The van der Waals surface area contributed by atoms with E-state index in [4.69, 9.17) is 5.11 Å². The fourth-order valence-electron chi connectivity index (χ4n) is 1.98. The second-order valence-corrected chi connectivity index (χ2v) is 4.52. The minimum absolute atomic E-state index is 0.235. The van der Waals surface area contributed by atoms with Crippen molar-refractivity contribution >= 4 is 28.9 Å². The van der Waals surface area contributed by atoms with E-state index in [2.05, 4.69) is 20.5 Å². The number of carbonyl (C=O) groups is 1. The molecule has 0 aliphatic heterocycles. The molecule has 0 unspecified atom stereocenters. The Balaban J connectivity index is 1.77. The Hall–Kier alpha value is -3.28. The van der Waals surface area contributed by atoms with E-state index in [0.717, 1.165) is 16.6 Å². The summed E-state index contributed by atoms with van der Waals surface area (Å²) < 4.78 is 0. The monoisotopic (exact) mass is 292 g/mol. The molecule has 0 saturated carbocycles. The van der Waals surface area contributed by atoms with Crippen LogP contribution in [0.1, 0.15) is 15.9 Å². The fourth-order valence-corrected chi connectivity index (χ4v) is 1.98. The molecule has 2 N–H and O–H groups in total. The molecular weight excluding hydrogens is 280 g/mol. The van der Waals surface area contributed by atoms with Gasteiger partial charge in [0.05, 0.1) is 28.5 Å². The van der Waals surface area contributed by atoms with Crippen molar-refractivity contribution in [2.24, 2.45) is 5.10 Å². The standard InChI is InChI=1S/C16H12N4O2/c21-16(22)11-4-6-13(7-5-11)20-19-10-12-2-1-3-14-15(12)18-9-8-17-14/h1-10,20H,(H,21,22). The van der Waals surface area contributed by atoms with Gasteiger partial charge in [-0.05, 0) is 30.3 Å². The first-order valence-electron chi connectivity index (χ1n) is 6.56. The molecule has 1 heterocycles. The first-order chi connectivity index (χ1) is 10.7.